The SMILES string of the molecule is CC[C@H](C)[C@@H]1NC(=O)[C@H](CC(C)C)N(C)C(=O)C[C@@H](C(=O)N2CCCCC2)N(C)C(=O)[C@H](C2CCCC2)N(C)C(=O)C2(CCCC2)NC(=O)[C@@H]2CCCN2C(=O)[C@H](CCc2ccc(C(F)(F)F)c(Cl)c2)NC(=O)CN(C)C(=O)[C@H](C2CCCC2)N(C)C(=O)[C@@H]2CCN2C(=O)[C@H](C)N(C)C1=O. The van der Waals surface area contributed by atoms with Crippen molar-refractivity contribution < 1.29 is 70.7 Å². The van der Waals surface area contributed by atoms with Gasteiger partial charge in [-0.05, 0) is 145 Å². The van der Waals surface area contributed by atoms with E-state index in [0.717, 1.165) is 49.1 Å². The fourth-order valence-electron chi connectivity index (χ4n) is 16.3. The summed E-state index contributed by atoms with van der Waals surface area (Å²) in [7, 11) is 8.74. The van der Waals surface area contributed by atoms with E-state index in [1.165, 1.54) is 89.6 Å². The van der Waals surface area contributed by atoms with Crippen LogP contribution in [0, 0.1) is 23.7 Å². The van der Waals surface area contributed by atoms with Crippen LogP contribution < -0.4 is 16.0 Å². The highest BCUT2D eigenvalue weighted by atomic mass is 35.5. The predicted molar refractivity (Wildman–Crippen MR) is 367 cm³/mol. The number of piperidine rings is 1. The molecule has 3 saturated carbocycles. The van der Waals surface area contributed by atoms with Gasteiger partial charge >= 0.3 is 6.18 Å². The molecule has 0 radical (unpaired) electrons. The van der Waals surface area contributed by atoms with Gasteiger partial charge in [-0.3, -0.25) is 57.5 Å². The van der Waals surface area contributed by atoms with Crippen molar-refractivity contribution in [2.75, 3.05) is 75.0 Å². The Morgan fingerprint density at radius 3 is 1.78 bits per heavy atom. The van der Waals surface area contributed by atoms with Crippen molar-refractivity contribution in [1.82, 2.24) is 60.0 Å². The number of benzene rings is 1. The number of fused-ring (bicyclic) bond motifs is 2. The summed E-state index contributed by atoms with van der Waals surface area (Å²) in [5.41, 5.74) is -2.33. The molecule has 8 rings (SSSR count). The molecule has 100 heavy (non-hydrogen) atoms. The van der Waals surface area contributed by atoms with Crippen LogP contribution in [0.2, 0.25) is 5.02 Å². The Morgan fingerprint density at radius 1 is 0.620 bits per heavy atom. The zero-order chi connectivity index (χ0) is 73.4. The van der Waals surface area contributed by atoms with E-state index < -0.39 is 172 Å². The molecule has 10 atom stereocenters. The maximum atomic E-state index is 15.7. The molecule has 12 amide bonds. The molecule has 4 heterocycles. The minimum atomic E-state index is -4.76. The van der Waals surface area contributed by atoms with Gasteiger partial charge in [-0.1, -0.05) is 90.3 Å². The van der Waals surface area contributed by atoms with Gasteiger partial charge in [0.2, 0.25) is 70.9 Å². The third-order valence-corrected chi connectivity index (χ3v) is 23.2. The van der Waals surface area contributed by atoms with E-state index in [4.69, 9.17) is 11.6 Å². The van der Waals surface area contributed by atoms with E-state index in [0.29, 0.717) is 82.9 Å². The number of rotatable bonds is 10. The van der Waals surface area contributed by atoms with Crippen molar-refractivity contribution in [3.05, 3.63) is 34.3 Å². The van der Waals surface area contributed by atoms with Gasteiger partial charge in [0.05, 0.1) is 23.6 Å². The fourth-order valence-corrected chi connectivity index (χ4v) is 16.6. The third-order valence-electron chi connectivity index (χ3n) is 22.9. The number of hydrogen-bond donors (Lipinski definition) is 3. The van der Waals surface area contributed by atoms with Crippen molar-refractivity contribution in [1.29, 1.82) is 0 Å². The van der Waals surface area contributed by atoms with Gasteiger partial charge in [-0.25, -0.2) is 0 Å². The molecule has 7 aliphatic rings. The molecule has 7 fully saturated rings. The van der Waals surface area contributed by atoms with E-state index >= 15 is 28.8 Å². The van der Waals surface area contributed by atoms with Crippen molar-refractivity contribution in [3.8, 4) is 0 Å². The zero-order valence-electron chi connectivity index (χ0n) is 60.5. The molecule has 0 unspecified atom stereocenters. The molecule has 1 spiro atoms. The molecule has 28 heteroatoms. The number of likely N-dealkylation sites (tertiary alicyclic amines) is 1. The van der Waals surface area contributed by atoms with E-state index in [1.807, 2.05) is 20.8 Å². The number of alkyl halides is 3. The molecule has 0 aromatic heterocycles. The van der Waals surface area contributed by atoms with Crippen molar-refractivity contribution in [2.24, 2.45) is 23.7 Å². The maximum Gasteiger partial charge on any atom is 0.417 e. The van der Waals surface area contributed by atoms with Gasteiger partial charge < -0.3 is 60.0 Å². The van der Waals surface area contributed by atoms with Crippen LogP contribution in [0.4, 0.5) is 13.2 Å². The largest absolute Gasteiger partial charge is 0.417 e. The lowest BCUT2D eigenvalue weighted by Gasteiger charge is -2.45. The van der Waals surface area contributed by atoms with Gasteiger partial charge in [0, 0.05) is 68.5 Å². The van der Waals surface area contributed by atoms with Gasteiger partial charge in [0.25, 0.3) is 0 Å². The lowest BCUT2D eigenvalue weighted by Crippen LogP contribution is -2.65. The topological polar surface area (TPSA) is 270 Å². The Hall–Kier alpha value is -7.06. The Bertz CT molecular complexity index is 3190. The van der Waals surface area contributed by atoms with Crippen LogP contribution in [0.1, 0.15) is 187 Å². The standard InChI is InChI=1S/C72H108ClF3N12O12/c1-12-44(4)58-67(97)81(7)45(5)63(93)88-38-32-53(88)65(95)84(10)59(47-23-14-15-24-47)68(98)80(6)42-56(89)77-51(31-29-46-28-30-49(50(73)40-46)72(74,75)76)64(94)87-37-22-27-52(87)62(92)79-71(33-18-19-34-71)70(100)85(11)60(48-25-16-17-26-48)69(99)83(9)55(66(96)86-35-20-13-21-36-86)41-57(90)82(8)54(39-43(2)3)61(91)78-58/h28,30,40,43-45,47-48,51-55,58-60H,12-27,29,31-39,41-42H2,1-11H3,(H,77,89)(H,78,91)(H,79,92)/t44-,45-,51-,52-,53-,54-,55-,58-,59-,60-/m0/s1. The van der Waals surface area contributed by atoms with E-state index in [2.05, 4.69) is 16.0 Å². The van der Waals surface area contributed by atoms with Gasteiger partial charge in [-0.2, -0.15) is 13.2 Å². The smallest absolute Gasteiger partial charge is 0.343 e. The number of carbonyl (C=O) groups is 12. The van der Waals surface area contributed by atoms with Crippen LogP contribution in [-0.2, 0) is 70.1 Å². The first kappa shape index (κ1) is 78.7. The van der Waals surface area contributed by atoms with Crippen LogP contribution in [0.3, 0.4) is 0 Å². The molecule has 24 nitrogen and oxygen atoms in total. The van der Waals surface area contributed by atoms with Crippen molar-refractivity contribution >= 4 is 82.5 Å². The average Bonchev–Trinajstić information content (AvgIpc) is 1.35. The first-order chi connectivity index (χ1) is 47.2. The minimum absolute atomic E-state index is 0.0420. The number of carbonyl (C=O) groups excluding carboxylic acids is 12. The fraction of sp³-hybridized carbons (Fsp3) is 0.750. The Kier molecular flexibility index (Phi) is 26.6. The molecule has 4 aliphatic heterocycles. The second-order valence-electron chi connectivity index (χ2n) is 30.0. The predicted octanol–water partition coefficient (Wildman–Crippen LogP) is 5.78. The molecular weight excluding hydrogens is 1320 g/mol. The lowest BCUT2D eigenvalue weighted by molar-refractivity contribution is -0.161. The summed E-state index contributed by atoms with van der Waals surface area (Å²) in [4.78, 5) is 193. The molecule has 556 valence electrons. The van der Waals surface area contributed by atoms with E-state index in [-0.39, 0.29) is 69.9 Å². The van der Waals surface area contributed by atoms with Gasteiger partial charge in [0.15, 0.2) is 0 Å². The van der Waals surface area contributed by atoms with Crippen molar-refractivity contribution in [3.63, 3.8) is 0 Å². The summed E-state index contributed by atoms with van der Waals surface area (Å²) in [6.45, 7) is 9.24. The highest BCUT2D eigenvalue weighted by Crippen LogP contribution is 2.39. The molecule has 0 bridgehead atoms. The monoisotopic (exact) mass is 1420 g/mol. The number of likely N-dealkylation sites (N-methyl/N-ethyl adjacent to an activating group) is 6. The van der Waals surface area contributed by atoms with E-state index in [9.17, 15) is 41.9 Å². The van der Waals surface area contributed by atoms with Crippen LogP contribution in [0.15, 0.2) is 18.2 Å². The van der Waals surface area contributed by atoms with Crippen molar-refractivity contribution in [2.45, 2.75) is 248 Å². The number of hydrogen-bond acceptors (Lipinski definition) is 12. The highest BCUT2D eigenvalue weighted by molar-refractivity contribution is 6.31. The number of nitrogens with one attached hydrogen (secondary N) is 3. The van der Waals surface area contributed by atoms with Crippen LogP contribution >= 0.6 is 11.6 Å². The maximum absolute atomic E-state index is 15.7. The summed E-state index contributed by atoms with van der Waals surface area (Å²) in [6, 6.07) is -7.65. The van der Waals surface area contributed by atoms with E-state index in [1.54, 1.807) is 11.8 Å². The summed E-state index contributed by atoms with van der Waals surface area (Å²) in [5.74, 6) is -8.79. The van der Waals surface area contributed by atoms with Crippen LogP contribution in [0.5, 0.6) is 0 Å². The van der Waals surface area contributed by atoms with Gasteiger partial charge in [0.1, 0.15) is 59.9 Å². The van der Waals surface area contributed by atoms with Crippen LogP contribution in [-0.4, -0.2) is 250 Å². The third kappa shape index (κ3) is 17.7. The molecular formula is C72H108ClF3N12O12. The summed E-state index contributed by atoms with van der Waals surface area (Å²) < 4.78 is 41.6. The zero-order valence-corrected chi connectivity index (χ0v) is 61.2. The number of aryl methyl sites for hydroxylation is 1. The number of nitrogens with zero attached hydrogens (tertiary/aromatic N) is 9. The second kappa shape index (κ2) is 33.8. The second-order valence-corrected chi connectivity index (χ2v) is 30.4. The summed E-state index contributed by atoms with van der Waals surface area (Å²) in [6.07, 6.45) is 4.61. The Balaban J connectivity index is 1.18. The summed E-state index contributed by atoms with van der Waals surface area (Å²) >= 11 is 6.16. The van der Waals surface area contributed by atoms with Crippen LogP contribution in [0.25, 0.3) is 0 Å². The Morgan fingerprint density at radius 2 is 1.22 bits per heavy atom. The Labute approximate surface area is 592 Å². The first-order valence-electron chi connectivity index (χ1n) is 36.5. The molecule has 3 N–H and O–H groups in total. The average molecular weight is 1430 g/mol. The quantitative estimate of drug-likeness (QED) is 0.252. The minimum Gasteiger partial charge on any atom is -0.343 e. The highest BCUT2D eigenvalue weighted by Gasteiger charge is 2.53. The molecule has 1 aromatic carbocycles. The normalized spacial score (nSPS) is 28.6. The summed E-state index contributed by atoms with van der Waals surface area (Å²) in [5, 5.41) is 8.23. The molecule has 4 saturated heterocycles. The number of amides is 12. The first-order valence-corrected chi connectivity index (χ1v) is 36.9. The molecule has 1 aromatic rings. The van der Waals surface area contributed by atoms with Gasteiger partial charge in [-0.15, -0.1) is 0 Å². The molecule has 3 aliphatic carbocycles. The number of halogens is 4. The lowest BCUT2D eigenvalue weighted by atomic mass is 9.90.